The normalized spacial score (nSPS) is 13.4. The minimum Gasteiger partial charge on any atom is -0.383 e. The topological polar surface area (TPSA) is 127 Å². The van der Waals surface area contributed by atoms with Crippen LogP contribution in [0, 0.1) is 0 Å². The molecule has 1 aromatic carbocycles. The summed E-state index contributed by atoms with van der Waals surface area (Å²) in [4.78, 5) is 50.6. The second kappa shape index (κ2) is 10.1. The molecule has 1 amide bonds. The number of carbonyl (C=O) groups is 1. The highest BCUT2D eigenvalue weighted by Crippen LogP contribution is 2.24. The van der Waals surface area contributed by atoms with Crippen molar-refractivity contribution in [1.82, 2.24) is 19.5 Å². The Morgan fingerprint density at radius 1 is 1.15 bits per heavy atom. The van der Waals surface area contributed by atoms with Crippen LogP contribution in [-0.4, -0.2) is 32.0 Å². The summed E-state index contributed by atoms with van der Waals surface area (Å²) in [6.07, 6.45) is 11.3. The van der Waals surface area contributed by atoms with Crippen molar-refractivity contribution >= 4 is 17.4 Å². The Labute approximate surface area is 190 Å². The van der Waals surface area contributed by atoms with Gasteiger partial charge in [-0.15, -0.1) is 0 Å². The van der Waals surface area contributed by atoms with Gasteiger partial charge >= 0.3 is 5.69 Å². The Morgan fingerprint density at radius 3 is 2.67 bits per heavy atom. The molecule has 9 nitrogen and oxygen atoms in total. The molecule has 2 heterocycles. The van der Waals surface area contributed by atoms with Crippen LogP contribution >= 0.6 is 0 Å². The molecule has 0 atom stereocenters. The minimum atomic E-state index is -0.711. The Hall–Kier alpha value is -4.01. The summed E-state index contributed by atoms with van der Waals surface area (Å²) in [7, 11) is 0. The fourth-order valence-electron chi connectivity index (χ4n) is 4.01. The molecular weight excluding hydrogens is 420 g/mol. The van der Waals surface area contributed by atoms with Crippen molar-refractivity contribution in [2.24, 2.45) is 0 Å². The largest absolute Gasteiger partial charge is 0.383 e. The zero-order chi connectivity index (χ0) is 23.2. The van der Waals surface area contributed by atoms with Gasteiger partial charge in [-0.25, -0.2) is 9.78 Å². The van der Waals surface area contributed by atoms with Crippen molar-refractivity contribution in [3.8, 4) is 0 Å². The molecule has 0 saturated heterocycles. The maximum absolute atomic E-state index is 13.4. The molecule has 9 heteroatoms. The van der Waals surface area contributed by atoms with Crippen molar-refractivity contribution in [3.63, 3.8) is 0 Å². The van der Waals surface area contributed by atoms with Crippen LogP contribution in [0.1, 0.15) is 48.2 Å². The molecule has 0 saturated carbocycles. The van der Waals surface area contributed by atoms with E-state index in [1.54, 1.807) is 0 Å². The molecule has 0 spiro atoms. The van der Waals surface area contributed by atoms with Crippen molar-refractivity contribution in [2.75, 3.05) is 17.2 Å². The number of nitrogens with one attached hydrogen (secondary N) is 1. The number of nitrogens with two attached hydrogens (primary N) is 1. The summed E-state index contributed by atoms with van der Waals surface area (Å²) in [5.41, 5.74) is 7.13. The zero-order valence-corrected chi connectivity index (χ0v) is 18.2. The van der Waals surface area contributed by atoms with Crippen LogP contribution in [0.25, 0.3) is 0 Å². The number of carbonyl (C=O) groups excluding carboxylic acids is 1. The van der Waals surface area contributed by atoms with Gasteiger partial charge in [0, 0.05) is 18.9 Å². The number of aromatic amines is 1. The number of H-pyrrole nitrogens is 1. The van der Waals surface area contributed by atoms with Gasteiger partial charge in [-0.05, 0) is 37.7 Å². The Bertz CT molecular complexity index is 1260. The van der Waals surface area contributed by atoms with Crippen molar-refractivity contribution in [2.45, 2.75) is 38.6 Å². The Kier molecular flexibility index (Phi) is 6.77. The van der Waals surface area contributed by atoms with Crippen LogP contribution in [0.3, 0.4) is 0 Å². The van der Waals surface area contributed by atoms with Crippen molar-refractivity contribution in [3.05, 3.63) is 92.7 Å². The lowest BCUT2D eigenvalue weighted by Crippen LogP contribution is -2.42. The van der Waals surface area contributed by atoms with E-state index in [-0.39, 0.29) is 30.3 Å². The summed E-state index contributed by atoms with van der Waals surface area (Å²) in [5, 5.41) is 0. The van der Waals surface area contributed by atoms with E-state index in [0.29, 0.717) is 6.42 Å². The van der Waals surface area contributed by atoms with Gasteiger partial charge in [0.1, 0.15) is 11.5 Å². The monoisotopic (exact) mass is 446 g/mol. The van der Waals surface area contributed by atoms with Crippen LogP contribution in [0.4, 0.5) is 11.5 Å². The van der Waals surface area contributed by atoms with Crippen molar-refractivity contribution < 1.29 is 4.79 Å². The van der Waals surface area contributed by atoms with Gasteiger partial charge in [-0.2, -0.15) is 0 Å². The summed E-state index contributed by atoms with van der Waals surface area (Å²) in [6.45, 7) is 0.395. The smallest absolute Gasteiger partial charge is 0.330 e. The lowest BCUT2D eigenvalue weighted by molar-refractivity contribution is 0.0981. The number of nitrogens with zero attached hydrogens (tertiary/aromatic N) is 4. The first kappa shape index (κ1) is 22.2. The SMILES string of the molecule is Nc1c(N(CCC2=CCCCC2)C(=O)c2cnccn2)c(=O)[nH]c(=O)n1Cc1ccccc1. The van der Waals surface area contributed by atoms with Crippen LogP contribution in [0.15, 0.2) is 70.2 Å². The summed E-state index contributed by atoms with van der Waals surface area (Å²) in [6, 6.07) is 9.29. The van der Waals surface area contributed by atoms with Gasteiger partial charge in [0.2, 0.25) is 0 Å². The number of amides is 1. The highest BCUT2D eigenvalue weighted by molar-refractivity contribution is 6.05. The predicted octanol–water partition coefficient (Wildman–Crippen LogP) is 2.49. The maximum Gasteiger partial charge on any atom is 0.330 e. The average molecular weight is 447 g/mol. The second-order valence-corrected chi connectivity index (χ2v) is 7.97. The van der Waals surface area contributed by atoms with Gasteiger partial charge in [0.15, 0.2) is 5.69 Å². The fraction of sp³-hybridized carbons (Fsp3) is 0.292. The van der Waals surface area contributed by atoms with Gasteiger partial charge in [0.25, 0.3) is 11.5 Å². The van der Waals surface area contributed by atoms with Crippen molar-refractivity contribution in [1.29, 1.82) is 0 Å². The number of hydrogen-bond acceptors (Lipinski definition) is 6. The lowest BCUT2D eigenvalue weighted by Gasteiger charge is -2.25. The molecule has 33 heavy (non-hydrogen) atoms. The molecule has 0 radical (unpaired) electrons. The highest BCUT2D eigenvalue weighted by Gasteiger charge is 2.26. The summed E-state index contributed by atoms with van der Waals surface area (Å²) < 4.78 is 1.27. The van der Waals surface area contributed by atoms with E-state index in [2.05, 4.69) is 21.0 Å². The maximum atomic E-state index is 13.4. The molecule has 4 rings (SSSR count). The first-order valence-electron chi connectivity index (χ1n) is 11.0. The van der Waals surface area contributed by atoms with Gasteiger partial charge < -0.3 is 5.73 Å². The van der Waals surface area contributed by atoms with Gasteiger partial charge in [0.05, 0.1) is 12.7 Å². The average Bonchev–Trinajstić information content (AvgIpc) is 2.85. The van der Waals surface area contributed by atoms with E-state index < -0.39 is 17.2 Å². The molecule has 1 aliphatic rings. The van der Waals surface area contributed by atoms with E-state index in [4.69, 9.17) is 5.73 Å². The van der Waals surface area contributed by atoms with Crippen LogP contribution in [-0.2, 0) is 6.54 Å². The highest BCUT2D eigenvalue weighted by atomic mass is 16.2. The molecule has 3 aromatic rings. The van der Waals surface area contributed by atoms with E-state index in [0.717, 1.165) is 31.2 Å². The number of allylic oxidation sites excluding steroid dienone is 1. The number of anilines is 2. The third-order valence-electron chi connectivity index (χ3n) is 5.74. The molecule has 170 valence electrons. The molecule has 0 bridgehead atoms. The number of benzene rings is 1. The molecule has 1 aliphatic carbocycles. The fourth-order valence-corrected chi connectivity index (χ4v) is 4.01. The molecule has 0 aliphatic heterocycles. The van der Waals surface area contributed by atoms with E-state index in [1.165, 1.54) is 33.6 Å². The van der Waals surface area contributed by atoms with E-state index in [1.807, 2.05) is 30.3 Å². The summed E-state index contributed by atoms with van der Waals surface area (Å²) in [5.74, 6) is -0.566. The minimum absolute atomic E-state index is 0.0578. The molecule has 2 aromatic heterocycles. The second-order valence-electron chi connectivity index (χ2n) is 7.97. The number of nitrogen functional groups attached to an aromatic ring is 1. The third-order valence-corrected chi connectivity index (χ3v) is 5.74. The first-order valence-corrected chi connectivity index (χ1v) is 11.0. The van der Waals surface area contributed by atoms with E-state index >= 15 is 0 Å². The molecule has 0 fully saturated rings. The lowest BCUT2D eigenvalue weighted by atomic mass is 9.97. The molecule has 0 unspecified atom stereocenters. The Morgan fingerprint density at radius 2 is 1.97 bits per heavy atom. The van der Waals surface area contributed by atoms with Gasteiger partial charge in [-0.1, -0.05) is 42.0 Å². The van der Waals surface area contributed by atoms with E-state index in [9.17, 15) is 14.4 Å². The first-order chi connectivity index (χ1) is 16.0. The standard InChI is InChI=1S/C24H26N6O3/c25-21-20(22(31)28-24(33)30(21)16-18-9-5-2-6-10-18)29(14-11-17-7-3-1-4-8-17)23(32)19-15-26-12-13-27-19/h2,5-7,9-10,12-13,15H,1,3-4,8,11,14,16,25H2,(H,28,31,33). The third kappa shape index (κ3) is 5.08. The van der Waals surface area contributed by atoms with Crippen LogP contribution in [0.5, 0.6) is 0 Å². The van der Waals surface area contributed by atoms with Crippen LogP contribution < -0.4 is 21.9 Å². The number of aromatic nitrogens is 4. The van der Waals surface area contributed by atoms with Gasteiger partial charge in [-0.3, -0.25) is 29.0 Å². The number of rotatable bonds is 7. The summed E-state index contributed by atoms with van der Waals surface area (Å²) >= 11 is 0. The molecule has 3 N–H and O–H groups in total. The Balaban J connectivity index is 1.75. The van der Waals surface area contributed by atoms with Crippen LogP contribution in [0.2, 0.25) is 0 Å². The zero-order valence-electron chi connectivity index (χ0n) is 18.2. The number of hydrogen-bond donors (Lipinski definition) is 2. The predicted molar refractivity (Wildman–Crippen MR) is 126 cm³/mol. The quantitative estimate of drug-likeness (QED) is 0.537. The molecular formula is C24H26N6O3.